The van der Waals surface area contributed by atoms with Gasteiger partial charge in [0.15, 0.2) is 0 Å². The number of benzene rings is 2. The molecule has 0 bridgehead atoms. The number of hydrogen-bond donors (Lipinski definition) is 0. The Morgan fingerprint density at radius 1 is 0.933 bits per heavy atom. The summed E-state index contributed by atoms with van der Waals surface area (Å²) in [4.78, 5) is 16.7. The minimum atomic E-state index is -0.297. The summed E-state index contributed by atoms with van der Waals surface area (Å²) in [6, 6.07) is 15.9. The molecule has 0 unspecified atom stereocenters. The Kier molecular flexibility index (Phi) is 5.18. The maximum Gasteiger partial charge on any atom is 0.368 e. The van der Waals surface area contributed by atoms with Gasteiger partial charge in [0.05, 0.1) is 5.69 Å². The molecule has 0 saturated carbocycles. The van der Waals surface area contributed by atoms with Crippen LogP contribution >= 0.6 is 0 Å². The van der Waals surface area contributed by atoms with E-state index >= 15 is 0 Å². The highest BCUT2D eigenvalue weighted by Crippen LogP contribution is 2.27. The van der Waals surface area contributed by atoms with Crippen molar-refractivity contribution in [2.24, 2.45) is 7.05 Å². The van der Waals surface area contributed by atoms with Crippen LogP contribution in [0.4, 0.5) is 0 Å². The zero-order valence-electron chi connectivity index (χ0n) is 17.5. The molecule has 0 saturated heterocycles. The molecule has 2 aromatic carbocycles. The van der Waals surface area contributed by atoms with Gasteiger partial charge < -0.3 is 4.74 Å². The van der Waals surface area contributed by atoms with Gasteiger partial charge in [-0.15, -0.1) is 0 Å². The molecule has 0 atom stereocenters. The SMILES string of the molecule is Cc1ccc(-c2ccc(OCc3c(C)cccc3-n3nnn(C)c3=O)c(C)c2)cn1. The topological polar surface area (TPSA) is 74.8 Å². The smallest absolute Gasteiger partial charge is 0.368 e. The number of aromatic nitrogens is 5. The summed E-state index contributed by atoms with van der Waals surface area (Å²) in [5.41, 5.74) is 6.47. The number of tetrazole rings is 1. The van der Waals surface area contributed by atoms with Crippen molar-refractivity contribution in [1.82, 2.24) is 24.8 Å². The molecule has 4 rings (SSSR count). The lowest BCUT2D eigenvalue weighted by Gasteiger charge is -2.15. The molecule has 0 aliphatic rings. The van der Waals surface area contributed by atoms with Crippen molar-refractivity contribution in [2.75, 3.05) is 0 Å². The first kappa shape index (κ1) is 19.6. The van der Waals surface area contributed by atoms with Crippen LogP contribution in [0.5, 0.6) is 5.75 Å². The first-order valence-corrected chi connectivity index (χ1v) is 9.68. The first-order valence-electron chi connectivity index (χ1n) is 9.68. The van der Waals surface area contributed by atoms with Crippen LogP contribution in [0, 0.1) is 20.8 Å². The van der Waals surface area contributed by atoms with E-state index in [0.29, 0.717) is 12.3 Å². The van der Waals surface area contributed by atoms with Crippen LogP contribution in [-0.4, -0.2) is 24.8 Å². The van der Waals surface area contributed by atoms with Crippen LogP contribution in [0.25, 0.3) is 16.8 Å². The summed E-state index contributed by atoms with van der Waals surface area (Å²) >= 11 is 0. The van der Waals surface area contributed by atoms with E-state index in [0.717, 1.165) is 39.3 Å². The molecule has 30 heavy (non-hydrogen) atoms. The molecular formula is C23H23N5O2. The average molecular weight is 401 g/mol. The van der Waals surface area contributed by atoms with E-state index in [1.54, 1.807) is 7.05 Å². The molecule has 0 amide bonds. The van der Waals surface area contributed by atoms with Gasteiger partial charge in [-0.3, -0.25) is 4.98 Å². The second kappa shape index (κ2) is 7.94. The second-order valence-corrected chi connectivity index (χ2v) is 7.33. The normalized spacial score (nSPS) is 10.9. The van der Waals surface area contributed by atoms with Crippen LogP contribution < -0.4 is 10.4 Å². The number of pyridine rings is 1. The summed E-state index contributed by atoms with van der Waals surface area (Å²) in [5, 5.41) is 7.78. The van der Waals surface area contributed by atoms with E-state index < -0.39 is 0 Å². The summed E-state index contributed by atoms with van der Waals surface area (Å²) < 4.78 is 8.64. The Hall–Kier alpha value is -3.74. The lowest BCUT2D eigenvalue weighted by atomic mass is 10.0. The lowest BCUT2D eigenvalue weighted by Crippen LogP contribution is -2.23. The van der Waals surface area contributed by atoms with E-state index in [1.165, 1.54) is 9.36 Å². The third-order valence-corrected chi connectivity index (χ3v) is 5.13. The Morgan fingerprint density at radius 2 is 1.73 bits per heavy atom. The third kappa shape index (κ3) is 3.74. The van der Waals surface area contributed by atoms with Crippen LogP contribution in [0.2, 0.25) is 0 Å². The number of aryl methyl sites for hydroxylation is 4. The van der Waals surface area contributed by atoms with Crippen LogP contribution in [0.1, 0.15) is 22.4 Å². The van der Waals surface area contributed by atoms with Gasteiger partial charge in [-0.1, -0.05) is 24.3 Å². The molecule has 152 valence electrons. The summed E-state index contributed by atoms with van der Waals surface area (Å²) in [7, 11) is 1.58. The van der Waals surface area contributed by atoms with E-state index in [4.69, 9.17) is 4.74 Å². The molecule has 2 heterocycles. The molecule has 0 aliphatic carbocycles. The highest BCUT2D eigenvalue weighted by Gasteiger charge is 2.14. The van der Waals surface area contributed by atoms with Crippen LogP contribution in [-0.2, 0) is 13.7 Å². The molecule has 7 heteroatoms. The number of nitrogens with zero attached hydrogens (tertiary/aromatic N) is 5. The molecule has 2 aromatic heterocycles. The van der Waals surface area contributed by atoms with Crippen molar-refractivity contribution in [3.63, 3.8) is 0 Å². The standard InChI is InChI=1S/C23H23N5O2/c1-15-6-5-7-21(28-23(29)27(4)25-26-28)20(15)14-30-22-11-10-18(12-16(22)2)19-9-8-17(3)24-13-19/h5-13H,14H2,1-4H3. The molecule has 0 radical (unpaired) electrons. The van der Waals surface area contributed by atoms with Crippen LogP contribution in [0.15, 0.2) is 59.5 Å². The van der Waals surface area contributed by atoms with Crippen molar-refractivity contribution < 1.29 is 4.74 Å². The average Bonchev–Trinajstić information content (AvgIpc) is 3.07. The predicted molar refractivity (Wildman–Crippen MR) is 115 cm³/mol. The van der Waals surface area contributed by atoms with Crippen molar-refractivity contribution in [1.29, 1.82) is 0 Å². The van der Waals surface area contributed by atoms with Gasteiger partial charge in [0.1, 0.15) is 12.4 Å². The molecule has 0 spiro atoms. The number of ether oxygens (including phenoxy) is 1. The summed E-state index contributed by atoms with van der Waals surface area (Å²) in [5.74, 6) is 0.791. The van der Waals surface area contributed by atoms with Gasteiger partial charge in [0.25, 0.3) is 0 Å². The van der Waals surface area contributed by atoms with E-state index in [9.17, 15) is 4.79 Å². The Labute approximate surface area is 174 Å². The van der Waals surface area contributed by atoms with Crippen molar-refractivity contribution in [3.8, 4) is 22.6 Å². The zero-order chi connectivity index (χ0) is 21.3. The predicted octanol–water partition coefficient (Wildman–Crippen LogP) is 3.53. The monoisotopic (exact) mass is 401 g/mol. The second-order valence-electron chi connectivity index (χ2n) is 7.33. The minimum Gasteiger partial charge on any atom is -0.489 e. The Balaban J connectivity index is 1.60. The van der Waals surface area contributed by atoms with Gasteiger partial charge in [0.2, 0.25) is 0 Å². The number of hydrogen-bond acceptors (Lipinski definition) is 5. The third-order valence-electron chi connectivity index (χ3n) is 5.13. The number of rotatable bonds is 5. The maximum atomic E-state index is 12.3. The fourth-order valence-electron chi connectivity index (χ4n) is 3.32. The molecule has 4 aromatic rings. The molecule has 0 N–H and O–H groups in total. The zero-order valence-corrected chi connectivity index (χ0v) is 17.5. The largest absolute Gasteiger partial charge is 0.489 e. The van der Waals surface area contributed by atoms with Gasteiger partial charge in [0, 0.05) is 30.1 Å². The molecular weight excluding hydrogens is 378 g/mol. The fourth-order valence-corrected chi connectivity index (χ4v) is 3.32. The van der Waals surface area contributed by atoms with Crippen LogP contribution in [0.3, 0.4) is 0 Å². The molecule has 0 fully saturated rings. The van der Waals surface area contributed by atoms with Crippen molar-refractivity contribution in [2.45, 2.75) is 27.4 Å². The van der Waals surface area contributed by atoms with Gasteiger partial charge in [-0.2, -0.15) is 9.36 Å². The van der Waals surface area contributed by atoms with Crippen molar-refractivity contribution in [3.05, 3.63) is 87.6 Å². The van der Waals surface area contributed by atoms with E-state index in [-0.39, 0.29) is 5.69 Å². The minimum absolute atomic E-state index is 0.297. The molecule has 7 nitrogen and oxygen atoms in total. The van der Waals surface area contributed by atoms with Crippen molar-refractivity contribution >= 4 is 0 Å². The Morgan fingerprint density at radius 3 is 2.40 bits per heavy atom. The van der Waals surface area contributed by atoms with Gasteiger partial charge in [-0.05, 0) is 72.2 Å². The summed E-state index contributed by atoms with van der Waals surface area (Å²) in [6.45, 7) is 6.30. The van der Waals surface area contributed by atoms with Gasteiger partial charge in [-0.25, -0.2) is 4.79 Å². The van der Waals surface area contributed by atoms with E-state index in [1.807, 2.05) is 63.4 Å². The summed E-state index contributed by atoms with van der Waals surface area (Å²) in [6.07, 6.45) is 1.88. The quantitative estimate of drug-likeness (QED) is 0.511. The lowest BCUT2D eigenvalue weighted by molar-refractivity contribution is 0.302. The molecule has 0 aliphatic heterocycles. The van der Waals surface area contributed by atoms with E-state index in [2.05, 4.69) is 27.5 Å². The van der Waals surface area contributed by atoms with Gasteiger partial charge >= 0.3 is 5.69 Å². The maximum absolute atomic E-state index is 12.3. The Bertz CT molecular complexity index is 1260. The first-order chi connectivity index (χ1) is 14.4. The highest BCUT2D eigenvalue weighted by molar-refractivity contribution is 5.64. The fraction of sp³-hybridized carbons (Fsp3) is 0.217. The highest BCUT2D eigenvalue weighted by atomic mass is 16.5.